The zero-order valence-electron chi connectivity index (χ0n) is 14.7. The Balaban J connectivity index is 2.10. The molecular weight excluding hydrogens is 328 g/mol. The monoisotopic (exact) mass is 354 g/mol. The minimum atomic E-state index is -0.599. The van der Waals surface area contributed by atoms with Crippen LogP contribution in [0.3, 0.4) is 0 Å². The summed E-state index contributed by atoms with van der Waals surface area (Å²) in [6, 6.07) is 7.79. The first-order valence-electron chi connectivity index (χ1n) is 8.16. The summed E-state index contributed by atoms with van der Waals surface area (Å²) < 4.78 is 5.64. The largest absolute Gasteiger partial charge is 0.493 e. The number of amides is 2. The van der Waals surface area contributed by atoms with Crippen molar-refractivity contribution in [1.29, 1.82) is 0 Å². The van der Waals surface area contributed by atoms with Crippen LogP contribution in [0.4, 0.5) is 0 Å². The van der Waals surface area contributed by atoms with Crippen molar-refractivity contribution in [3.63, 3.8) is 0 Å². The molecule has 2 amide bonds. The maximum absolute atomic E-state index is 11.8. The number of halogens is 1. The van der Waals surface area contributed by atoms with Crippen LogP contribution in [-0.4, -0.2) is 37.4 Å². The number of alkyl halides is 1. The molecule has 0 aliphatic carbocycles. The first kappa shape index (κ1) is 20.3. The second kappa shape index (κ2) is 10.2. The number of carbonyl (C=O) groups is 2. The number of rotatable bonds is 10. The molecule has 0 spiro atoms. The number of carbonyl (C=O) groups excluding carboxylic acids is 2. The van der Waals surface area contributed by atoms with Gasteiger partial charge < -0.3 is 15.4 Å². The van der Waals surface area contributed by atoms with Gasteiger partial charge in [0.05, 0.1) is 12.0 Å². The summed E-state index contributed by atoms with van der Waals surface area (Å²) in [7, 11) is 0. The van der Waals surface area contributed by atoms with Gasteiger partial charge in [0, 0.05) is 25.4 Å². The van der Waals surface area contributed by atoms with Gasteiger partial charge in [-0.25, -0.2) is 0 Å². The first-order chi connectivity index (χ1) is 11.4. The number of ether oxygens (including phenoxy) is 1. The van der Waals surface area contributed by atoms with Crippen LogP contribution in [0, 0.1) is 12.3 Å². The van der Waals surface area contributed by atoms with E-state index in [1.165, 1.54) is 0 Å². The molecule has 0 aliphatic rings. The Morgan fingerprint density at radius 1 is 1.17 bits per heavy atom. The van der Waals surface area contributed by atoms with Crippen molar-refractivity contribution in [2.45, 2.75) is 33.6 Å². The van der Waals surface area contributed by atoms with E-state index in [0.717, 1.165) is 11.3 Å². The van der Waals surface area contributed by atoms with Gasteiger partial charge in [-0.3, -0.25) is 9.59 Å². The number of para-hydroxylation sites is 1. The van der Waals surface area contributed by atoms with Crippen LogP contribution in [0.5, 0.6) is 5.75 Å². The highest BCUT2D eigenvalue weighted by atomic mass is 35.5. The highest BCUT2D eigenvalue weighted by Gasteiger charge is 2.25. The summed E-state index contributed by atoms with van der Waals surface area (Å²) in [5, 5.41) is 5.54. The molecule has 5 nitrogen and oxygen atoms in total. The van der Waals surface area contributed by atoms with Gasteiger partial charge in [0.1, 0.15) is 5.75 Å². The van der Waals surface area contributed by atoms with E-state index in [0.29, 0.717) is 32.5 Å². The molecule has 134 valence electrons. The second-order valence-corrected chi connectivity index (χ2v) is 6.61. The number of hydrogen-bond donors (Lipinski definition) is 2. The third-order valence-electron chi connectivity index (χ3n) is 3.58. The summed E-state index contributed by atoms with van der Waals surface area (Å²) in [4.78, 5) is 23.5. The van der Waals surface area contributed by atoms with E-state index in [1.54, 1.807) is 13.8 Å². The molecule has 0 saturated heterocycles. The average Bonchev–Trinajstić information content (AvgIpc) is 2.56. The fourth-order valence-corrected chi connectivity index (χ4v) is 2.02. The number of aryl methyl sites for hydroxylation is 1. The molecule has 1 rings (SSSR count). The van der Waals surface area contributed by atoms with Crippen molar-refractivity contribution >= 4 is 23.4 Å². The molecule has 0 aliphatic heterocycles. The van der Waals surface area contributed by atoms with Crippen molar-refractivity contribution in [3.05, 3.63) is 29.8 Å². The quantitative estimate of drug-likeness (QED) is 0.501. The molecule has 0 fully saturated rings. The van der Waals surface area contributed by atoms with Gasteiger partial charge >= 0.3 is 0 Å². The topological polar surface area (TPSA) is 67.4 Å². The van der Waals surface area contributed by atoms with E-state index < -0.39 is 5.41 Å². The standard InChI is InChI=1S/C18H27ClN2O3/c1-14-7-4-5-8-15(14)24-12-6-9-16(22)20-10-11-21-17(23)18(2,3)13-19/h4-5,7-8H,6,9-13H2,1-3H3,(H,20,22)(H,21,23). The molecule has 1 aromatic carbocycles. The van der Waals surface area contributed by atoms with E-state index in [4.69, 9.17) is 16.3 Å². The predicted molar refractivity (Wildman–Crippen MR) is 96.4 cm³/mol. The van der Waals surface area contributed by atoms with Crippen molar-refractivity contribution in [1.82, 2.24) is 10.6 Å². The molecule has 2 N–H and O–H groups in total. The lowest BCUT2D eigenvalue weighted by atomic mass is 9.95. The van der Waals surface area contributed by atoms with Gasteiger partial charge in [-0.2, -0.15) is 0 Å². The van der Waals surface area contributed by atoms with Crippen LogP contribution in [0.2, 0.25) is 0 Å². The Bertz CT molecular complexity index is 547. The van der Waals surface area contributed by atoms with Crippen molar-refractivity contribution in [3.8, 4) is 5.75 Å². The molecule has 0 heterocycles. The predicted octanol–water partition coefficient (Wildman–Crippen LogP) is 2.65. The normalized spacial score (nSPS) is 11.0. The third kappa shape index (κ3) is 7.21. The Kier molecular flexibility index (Phi) is 8.61. The minimum Gasteiger partial charge on any atom is -0.493 e. The van der Waals surface area contributed by atoms with Crippen molar-refractivity contribution in [2.75, 3.05) is 25.6 Å². The summed E-state index contributed by atoms with van der Waals surface area (Å²) in [6.45, 7) is 6.84. The molecule has 24 heavy (non-hydrogen) atoms. The van der Waals surface area contributed by atoms with Gasteiger partial charge in [0.2, 0.25) is 11.8 Å². The van der Waals surface area contributed by atoms with Crippen LogP contribution in [0.1, 0.15) is 32.3 Å². The molecular formula is C18H27ClN2O3. The summed E-state index contributed by atoms with van der Waals surface area (Å²) in [6.07, 6.45) is 1.04. The lowest BCUT2D eigenvalue weighted by Gasteiger charge is -2.20. The van der Waals surface area contributed by atoms with E-state index in [1.807, 2.05) is 31.2 Å². The van der Waals surface area contributed by atoms with Crippen LogP contribution >= 0.6 is 11.6 Å². The molecule has 0 saturated carbocycles. The average molecular weight is 355 g/mol. The lowest BCUT2D eigenvalue weighted by Crippen LogP contribution is -2.41. The van der Waals surface area contributed by atoms with E-state index in [2.05, 4.69) is 10.6 Å². The van der Waals surface area contributed by atoms with Gasteiger partial charge in [-0.05, 0) is 38.8 Å². The zero-order valence-corrected chi connectivity index (χ0v) is 15.4. The Hall–Kier alpha value is -1.75. The van der Waals surface area contributed by atoms with Crippen LogP contribution < -0.4 is 15.4 Å². The maximum atomic E-state index is 11.8. The number of hydrogen-bond acceptors (Lipinski definition) is 3. The van der Waals surface area contributed by atoms with Crippen LogP contribution in [-0.2, 0) is 9.59 Å². The van der Waals surface area contributed by atoms with E-state index in [-0.39, 0.29) is 17.7 Å². The Labute approximate surface area is 149 Å². The molecule has 1 aromatic rings. The smallest absolute Gasteiger partial charge is 0.226 e. The molecule has 6 heteroatoms. The van der Waals surface area contributed by atoms with Crippen LogP contribution in [0.15, 0.2) is 24.3 Å². The lowest BCUT2D eigenvalue weighted by molar-refractivity contribution is -0.128. The second-order valence-electron chi connectivity index (χ2n) is 6.34. The molecule has 0 atom stereocenters. The van der Waals surface area contributed by atoms with Crippen molar-refractivity contribution < 1.29 is 14.3 Å². The maximum Gasteiger partial charge on any atom is 0.226 e. The van der Waals surface area contributed by atoms with Gasteiger partial charge in [-0.1, -0.05) is 18.2 Å². The molecule has 0 aromatic heterocycles. The fourth-order valence-electron chi connectivity index (χ4n) is 1.90. The highest BCUT2D eigenvalue weighted by Crippen LogP contribution is 2.17. The number of benzene rings is 1. The first-order valence-corrected chi connectivity index (χ1v) is 8.69. The fraction of sp³-hybridized carbons (Fsp3) is 0.556. The van der Waals surface area contributed by atoms with Crippen molar-refractivity contribution in [2.24, 2.45) is 5.41 Å². The number of nitrogens with one attached hydrogen (secondary N) is 2. The Morgan fingerprint density at radius 2 is 1.83 bits per heavy atom. The van der Waals surface area contributed by atoms with E-state index >= 15 is 0 Å². The van der Waals surface area contributed by atoms with Gasteiger partial charge in [-0.15, -0.1) is 11.6 Å². The minimum absolute atomic E-state index is 0.0470. The van der Waals surface area contributed by atoms with Gasteiger partial charge in [0.15, 0.2) is 0 Å². The SMILES string of the molecule is Cc1ccccc1OCCCC(=O)NCCNC(=O)C(C)(C)CCl. The summed E-state index contributed by atoms with van der Waals surface area (Å²) in [5.41, 5.74) is 0.482. The summed E-state index contributed by atoms with van der Waals surface area (Å²) >= 11 is 5.73. The summed E-state index contributed by atoms with van der Waals surface area (Å²) in [5.74, 6) is 0.946. The third-order valence-corrected chi connectivity index (χ3v) is 4.25. The Morgan fingerprint density at radius 3 is 2.50 bits per heavy atom. The van der Waals surface area contributed by atoms with E-state index in [9.17, 15) is 9.59 Å². The molecule has 0 unspecified atom stereocenters. The van der Waals surface area contributed by atoms with Crippen LogP contribution in [0.25, 0.3) is 0 Å². The highest BCUT2D eigenvalue weighted by molar-refractivity contribution is 6.19. The molecule has 0 bridgehead atoms. The molecule has 0 radical (unpaired) electrons. The zero-order chi connectivity index (χ0) is 18.0. The van der Waals surface area contributed by atoms with Gasteiger partial charge in [0.25, 0.3) is 0 Å².